The summed E-state index contributed by atoms with van der Waals surface area (Å²) >= 11 is 0. The second kappa shape index (κ2) is 7.62. The zero-order valence-corrected chi connectivity index (χ0v) is 16.0. The summed E-state index contributed by atoms with van der Waals surface area (Å²) in [7, 11) is 0. The molecule has 1 saturated heterocycles. The summed E-state index contributed by atoms with van der Waals surface area (Å²) in [6.07, 6.45) is 6.43. The van der Waals surface area contributed by atoms with Gasteiger partial charge < -0.3 is 15.0 Å². The SMILES string of the molecule is Cc1ccccc1[C@]1(CC(=O)NCCc2cnc[nH]2)CCOC(C)(C)C1. The molecular weight excluding hydrogens is 326 g/mol. The predicted molar refractivity (Wildman–Crippen MR) is 102 cm³/mol. The molecule has 0 unspecified atom stereocenters. The van der Waals surface area contributed by atoms with E-state index in [9.17, 15) is 4.79 Å². The highest BCUT2D eigenvalue weighted by Gasteiger charge is 2.44. The maximum Gasteiger partial charge on any atom is 0.220 e. The summed E-state index contributed by atoms with van der Waals surface area (Å²) in [4.78, 5) is 19.8. The Bertz CT molecular complexity index is 739. The van der Waals surface area contributed by atoms with Gasteiger partial charge in [0, 0.05) is 43.3 Å². The van der Waals surface area contributed by atoms with Gasteiger partial charge in [0.05, 0.1) is 11.9 Å². The van der Waals surface area contributed by atoms with Crippen LogP contribution in [0, 0.1) is 6.92 Å². The standard InChI is InChI=1S/C21H29N3O2/c1-16-6-4-5-7-18(16)21(9-11-26-20(2,3)14-21)12-19(25)23-10-8-17-13-22-15-24-17/h4-7,13,15H,8-12,14H2,1-3H3,(H,22,24)(H,23,25)/t21-/m0/s1. The van der Waals surface area contributed by atoms with E-state index in [4.69, 9.17) is 4.74 Å². The molecule has 1 aromatic heterocycles. The molecule has 0 bridgehead atoms. The molecule has 1 aliphatic rings. The lowest BCUT2D eigenvalue weighted by atomic mass is 9.66. The van der Waals surface area contributed by atoms with E-state index in [1.807, 2.05) is 0 Å². The van der Waals surface area contributed by atoms with Crippen molar-refractivity contribution in [2.24, 2.45) is 0 Å². The number of aromatic amines is 1. The van der Waals surface area contributed by atoms with E-state index in [-0.39, 0.29) is 16.9 Å². The van der Waals surface area contributed by atoms with Gasteiger partial charge >= 0.3 is 0 Å². The monoisotopic (exact) mass is 355 g/mol. The van der Waals surface area contributed by atoms with Crippen LogP contribution in [-0.4, -0.2) is 34.6 Å². The molecule has 0 spiro atoms. The number of hydrogen-bond acceptors (Lipinski definition) is 3. The second-order valence-electron chi connectivity index (χ2n) is 7.98. The number of hydrogen-bond donors (Lipinski definition) is 2. The number of carbonyl (C=O) groups excluding carboxylic acids is 1. The molecule has 1 aliphatic heterocycles. The largest absolute Gasteiger partial charge is 0.376 e. The highest BCUT2D eigenvalue weighted by Crippen LogP contribution is 2.45. The molecule has 0 saturated carbocycles. The number of nitrogens with one attached hydrogen (secondary N) is 2. The van der Waals surface area contributed by atoms with Gasteiger partial charge in [-0.15, -0.1) is 0 Å². The highest BCUT2D eigenvalue weighted by molar-refractivity contribution is 5.77. The van der Waals surface area contributed by atoms with E-state index < -0.39 is 0 Å². The van der Waals surface area contributed by atoms with Crippen LogP contribution < -0.4 is 5.32 Å². The number of imidazole rings is 1. The first-order valence-electron chi connectivity index (χ1n) is 9.34. The van der Waals surface area contributed by atoms with Crippen molar-refractivity contribution in [2.45, 2.75) is 57.5 Å². The van der Waals surface area contributed by atoms with Gasteiger partial charge in [-0.25, -0.2) is 4.98 Å². The number of rotatable bonds is 6. The molecule has 3 rings (SSSR count). The number of aromatic nitrogens is 2. The van der Waals surface area contributed by atoms with Crippen LogP contribution in [0.15, 0.2) is 36.8 Å². The van der Waals surface area contributed by atoms with Crippen LogP contribution in [0.2, 0.25) is 0 Å². The lowest BCUT2D eigenvalue weighted by molar-refractivity contribution is -0.126. The van der Waals surface area contributed by atoms with Crippen molar-refractivity contribution < 1.29 is 9.53 Å². The zero-order chi connectivity index (χ0) is 18.6. The van der Waals surface area contributed by atoms with Crippen LogP contribution in [0.25, 0.3) is 0 Å². The van der Waals surface area contributed by atoms with Gasteiger partial charge in [-0.1, -0.05) is 24.3 Å². The normalized spacial score (nSPS) is 22.1. The molecular formula is C21H29N3O2. The first-order chi connectivity index (χ1) is 12.4. The van der Waals surface area contributed by atoms with Crippen LogP contribution in [0.4, 0.5) is 0 Å². The molecule has 1 amide bonds. The summed E-state index contributed by atoms with van der Waals surface area (Å²) in [5, 5.41) is 3.08. The smallest absolute Gasteiger partial charge is 0.220 e. The lowest BCUT2D eigenvalue weighted by Gasteiger charge is -2.45. The van der Waals surface area contributed by atoms with Gasteiger partial charge in [-0.05, 0) is 44.7 Å². The van der Waals surface area contributed by atoms with E-state index >= 15 is 0 Å². The summed E-state index contributed by atoms with van der Waals surface area (Å²) < 4.78 is 5.95. The Morgan fingerprint density at radius 2 is 2.15 bits per heavy atom. The van der Waals surface area contributed by atoms with Crippen LogP contribution in [0.1, 0.15) is 49.9 Å². The van der Waals surface area contributed by atoms with Crippen LogP contribution in [0.3, 0.4) is 0 Å². The van der Waals surface area contributed by atoms with E-state index in [0.717, 1.165) is 25.0 Å². The average molecular weight is 355 g/mol. The summed E-state index contributed by atoms with van der Waals surface area (Å²) in [6.45, 7) is 7.67. The Balaban J connectivity index is 1.73. The van der Waals surface area contributed by atoms with Gasteiger partial charge in [0.2, 0.25) is 5.91 Å². The Morgan fingerprint density at radius 3 is 2.85 bits per heavy atom. The highest BCUT2D eigenvalue weighted by atomic mass is 16.5. The van der Waals surface area contributed by atoms with Gasteiger partial charge in [0.15, 0.2) is 0 Å². The molecule has 5 heteroatoms. The molecule has 140 valence electrons. The lowest BCUT2D eigenvalue weighted by Crippen LogP contribution is -2.47. The average Bonchev–Trinajstić information content (AvgIpc) is 3.07. The number of nitrogens with zero attached hydrogens (tertiary/aromatic N) is 1. The fourth-order valence-electron chi connectivity index (χ4n) is 4.25. The Hall–Kier alpha value is -2.14. The van der Waals surface area contributed by atoms with Crippen molar-refractivity contribution >= 4 is 5.91 Å². The van der Waals surface area contributed by atoms with Gasteiger partial charge in [0.1, 0.15) is 0 Å². The quantitative estimate of drug-likeness (QED) is 0.835. The number of H-pyrrole nitrogens is 1. The minimum Gasteiger partial charge on any atom is -0.376 e. The maximum absolute atomic E-state index is 12.8. The van der Waals surface area contributed by atoms with Crippen molar-refractivity contribution in [2.75, 3.05) is 13.2 Å². The fourth-order valence-corrected chi connectivity index (χ4v) is 4.25. The molecule has 2 N–H and O–H groups in total. The third-order valence-corrected chi connectivity index (χ3v) is 5.32. The van der Waals surface area contributed by atoms with Crippen molar-refractivity contribution in [3.8, 4) is 0 Å². The predicted octanol–water partition coefficient (Wildman–Crippen LogP) is 3.29. The molecule has 0 aliphatic carbocycles. The molecule has 1 aromatic carbocycles. The number of ether oxygens (including phenoxy) is 1. The van der Waals surface area contributed by atoms with E-state index in [1.165, 1.54) is 11.1 Å². The van der Waals surface area contributed by atoms with Crippen molar-refractivity contribution in [3.05, 3.63) is 53.6 Å². The van der Waals surface area contributed by atoms with Crippen molar-refractivity contribution in [1.29, 1.82) is 0 Å². The molecule has 1 fully saturated rings. The van der Waals surface area contributed by atoms with E-state index in [2.05, 4.69) is 60.3 Å². The number of carbonyl (C=O) groups is 1. The molecule has 26 heavy (non-hydrogen) atoms. The van der Waals surface area contributed by atoms with Gasteiger partial charge in [-0.3, -0.25) is 4.79 Å². The van der Waals surface area contributed by atoms with Crippen LogP contribution in [0.5, 0.6) is 0 Å². The third-order valence-electron chi connectivity index (χ3n) is 5.32. The zero-order valence-electron chi connectivity index (χ0n) is 16.0. The minimum absolute atomic E-state index is 0.102. The summed E-state index contributed by atoms with van der Waals surface area (Å²) in [6, 6.07) is 8.44. The maximum atomic E-state index is 12.8. The van der Waals surface area contributed by atoms with E-state index in [0.29, 0.717) is 19.6 Å². The van der Waals surface area contributed by atoms with E-state index in [1.54, 1.807) is 12.5 Å². The fraction of sp³-hybridized carbons (Fsp3) is 0.524. The molecule has 2 heterocycles. The van der Waals surface area contributed by atoms with Crippen LogP contribution in [-0.2, 0) is 21.4 Å². The first kappa shape index (κ1) is 18.6. The van der Waals surface area contributed by atoms with Crippen molar-refractivity contribution in [1.82, 2.24) is 15.3 Å². The first-order valence-corrected chi connectivity index (χ1v) is 9.34. The molecule has 0 radical (unpaired) electrons. The topological polar surface area (TPSA) is 67.0 Å². The molecule has 2 aromatic rings. The second-order valence-corrected chi connectivity index (χ2v) is 7.98. The number of benzene rings is 1. The number of aryl methyl sites for hydroxylation is 1. The molecule has 5 nitrogen and oxygen atoms in total. The third kappa shape index (κ3) is 4.33. The summed E-state index contributed by atoms with van der Waals surface area (Å²) in [5.74, 6) is 0.102. The Morgan fingerprint density at radius 1 is 1.35 bits per heavy atom. The summed E-state index contributed by atoms with van der Waals surface area (Å²) in [5.41, 5.74) is 3.16. The van der Waals surface area contributed by atoms with Gasteiger partial charge in [-0.2, -0.15) is 0 Å². The van der Waals surface area contributed by atoms with Crippen molar-refractivity contribution in [3.63, 3.8) is 0 Å². The number of amides is 1. The molecule has 1 atom stereocenters. The van der Waals surface area contributed by atoms with Crippen LogP contribution >= 0.6 is 0 Å². The minimum atomic E-state index is -0.225. The van der Waals surface area contributed by atoms with Gasteiger partial charge in [0.25, 0.3) is 0 Å². The Kier molecular flexibility index (Phi) is 5.47. The Labute approximate surface area is 155 Å².